The fraction of sp³-hybridized carbons (Fsp3) is 0.368. The molecular weight excluding hydrogens is 334 g/mol. The number of fused-ring (bicyclic) bond motifs is 1. The molecule has 1 saturated carbocycles. The van der Waals surface area contributed by atoms with E-state index in [1.807, 2.05) is 12.1 Å². The van der Waals surface area contributed by atoms with Crippen molar-refractivity contribution >= 4 is 16.9 Å². The molecule has 0 bridgehead atoms. The van der Waals surface area contributed by atoms with Crippen LogP contribution in [0.4, 0.5) is 0 Å². The Morgan fingerprint density at radius 2 is 2.04 bits per heavy atom. The van der Waals surface area contributed by atoms with Crippen LogP contribution < -0.4 is 5.63 Å². The third-order valence-corrected chi connectivity index (χ3v) is 5.07. The van der Waals surface area contributed by atoms with Crippen molar-refractivity contribution in [2.24, 2.45) is 0 Å². The van der Waals surface area contributed by atoms with Crippen molar-refractivity contribution in [3.8, 4) is 0 Å². The van der Waals surface area contributed by atoms with Gasteiger partial charge in [0.25, 0.3) is 5.91 Å². The van der Waals surface area contributed by atoms with E-state index >= 15 is 0 Å². The van der Waals surface area contributed by atoms with Crippen molar-refractivity contribution in [1.29, 1.82) is 0 Å². The van der Waals surface area contributed by atoms with E-state index in [4.69, 9.17) is 8.94 Å². The van der Waals surface area contributed by atoms with Crippen molar-refractivity contribution in [2.75, 3.05) is 6.54 Å². The number of nitrogens with zero attached hydrogens (tertiary/aromatic N) is 3. The molecule has 7 heteroatoms. The normalized spacial score (nSPS) is 20.0. The SMILES string of the molecule is O=C(c1cc2ccccc2oc1=O)N1CCCC1c1nc(C2CC2)no1. The van der Waals surface area contributed by atoms with E-state index in [0.29, 0.717) is 23.9 Å². The first-order chi connectivity index (χ1) is 12.7. The van der Waals surface area contributed by atoms with Gasteiger partial charge in [-0.05, 0) is 37.8 Å². The molecule has 0 N–H and O–H groups in total. The molecule has 7 nitrogen and oxygen atoms in total. The molecule has 3 aromatic rings. The molecule has 26 heavy (non-hydrogen) atoms. The molecule has 1 aliphatic heterocycles. The number of carbonyl (C=O) groups is 1. The molecule has 132 valence electrons. The molecule has 1 amide bonds. The molecule has 1 saturated heterocycles. The Morgan fingerprint density at radius 1 is 1.19 bits per heavy atom. The highest BCUT2D eigenvalue weighted by atomic mass is 16.5. The summed E-state index contributed by atoms with van der Waals surface area (Å²) in [7, 11) is 0. The highest BCUT2D eigenvalue weighted by Crippen LogP contribution is 2.40. The number of carbonyl (C=O) groups excluding carboxylic acids is 1. The van der Waals surface area contributed by atoms with E-state index in [9.17, 15) is 9.59 Å². The summed E-state index contributed by atoms with van der Waals surface area (Å²) in [6.07, 6.45) is 3.75. The number of hydrogen-bond acceptors (Lipinski definition) is 6. The van der Waals surface area contributed by atoms with Crippen molar-refractivity contribution in [2.45, 2.75) is 37.6 Å². The molecule has 1 atom stereocenters. The Hall–Kier alpha value is -2.96. The summed E-state index contributed by atoms with van der Waals surface area (Å²) < 4.78 is 10.7. The average Bonchev–Trinajstić information content (AvgIpc) is 3.19. The summed E-state index contributed by atoms with van der Waals surface area (Å²) in [5.41, 5.74) is -0.112. The number of amides is 1. The van der Waals surface area contributed by atoms with Crippen molar-refractivity contribution in [1.82, 2.24) is 15.0 Å². The second kappa shape index (κ2) is 5.79. The monoisotopic (exact) mass is 351 g/mol. The first kappa shape index (κ1) is 15.3. The van der Waals surface area contributed by atoms with Crippen LogP contribution in [0.1, 0.15) is 59.7 Å². The van der Waals surface area contributed by atoms with E-state index in [0.717, 1.165) is 36.9 Å². The smallest absolute Gasteiger partial charge is 0.349 e. The first-order valence-corrected chi connectivity index (χ1v) is 8.88. The molecule has 0 radical (unpaired) electrons. The van der Waals surface area contributed by atoms with Gasteiger partial charge < -0.3 is 13.8 Å². The Kier molecular flexibility index (Phi) is 3.41. The fourth-order valence-corrected chi connectivity index (χ4v) is 3.52. The van der Waals surface area contributed by atoms with E-state index in [1.165, 1.54) is 0 Å². The van der Waals surface area contributed by atoms with E-state index in [1.54, 1.807) is 23.1 Å². The lowest BCUT2D eigenvalue weighted by Crippen LogP contribution is -2.33. The summed E-state index contributed by atoms with van der Waals surface area (Å²) in [5, 5.41) is 4.77. The minimum Gasteiger partial charge on any atom is -0.422 e. The molecule has 1 aliphatic carbocycles. The zero-order chi connectivity index (χ0) is 17.7. The molecule has 2 aromatic heterocycles. The predicted molar refractivity (Wildman–Crippen MR) is 91.8 cm³/mol. The van der Waals surface area contributed by atoms with E-state index in [2.05, 4.69) is 10.1 Å². The van der Waals surface area contributed by atoms with Crippen molar-refractivity contribution in [3.05, 3.63) is 58.0 Å². The Bertz CT molecular complexity index is 1050. The molecular formula is C19H17N3O4. The Labute approximate surface area is 148 Å². The van der Waals surface area contributed by atoms with Crippen LogP contribution in [0.5, 0.6) is 0 Å². The van der Waals surface area contributed by atoms with Gasteiger partial charge in [0.1, 0.15) is 17.2 Å². The van der Waals surface area contributed by atoms with Gasteiger partial charge in [0.2, 0.25) is 5.89 Å². The number of hydrogen-bond donors (Lipinski definition) is 0. The number of rotatable bonds is 3. The minimum atomic E-state index is -0.622. The summed E-state index contributed by atoms with van der Waals surface area (Å²) in [6, 6.07) is 8.47. The molecule has 5 rings (SSSR count). The van der Waals surface area contributed by atoms with Crippen LogP contribution in [-0.4, -0.2) is 27.5 Å². The third kappa shape index (κ3) is 2.51. The second-order valence-electron chi connectivity index (χ2n) is 6.91. The van der Waals surface area contributed by atoms with Gasteiger partial charge in [-0.2, -0.15) is 4.98 Å². The van der Waals surface area contributed by atoms with Gasteiger partial charge in [-0.25, -0.2) is 4.79 Å². The van der Waals surface area contributed by atoms with Crippen LogP contribution in [0.3, 0.4) is 0 Å². The lowest BCUT2D eigenvalue weighted by molar-refractivity contribution is 0.0706. The van der Waals surface area contributed by atoms with Crippen LogP contribution >= 0.6 is 0 Å². The fourth-order valence-electron chi connectivity index (χ4n) is 3.52. The first-order valence-electron chi connectivity index (χ1n) is 8.88. The number of para-hydroxylation sites is 1. The molecule has 3 heterocycles. The molecule has 2 aliphatic rings. The van der Waals surface area contributed by atoms with Gasteiger partial charge in [0, 0.05) is 17.8 Å². The van der Waals surface area contributed by atoms with Crippen LogP contribution in [0.25, 0.3) is 11.0 Å². The van der Waals surface area contributed by atoms with Crippen molar-refractivity contribution < 1.29 is 13.7 Å². The zero-order valence-electron chi connectivity index (χ0n) is 14.1. The van der Waals surface area contributed by atoms with Gasteiger partial charge >= 0.3 is 5.63 Å². The quantitative estimate of drug-likeness (QED) is 0.674. The van der Waals surface area contributed by atoms with E-state index < -0.39 is 5.63 Å². The van der Waals surface area contributed by atoms with Gasteiger partial charge in [-0.3, -0.25) is 4.79 Å². The second-order valence-corrected chi connectivity index (χ2v) is 6.91. The van der Waals surface area contributed by atoms with Crippen molar-refractivity contribution in [3.63, 3.8) is 0 Å². The van der Waals surface area contributed by atoms with Gasteiger partial charge in [-0.15, -0.1) is 0 Å². The summed E-state index contributed by atoms with van der Waals surface area (Å²) in [6.45, 7) is 0.552. The largest absolute Gasteiger partial charge is 0.422 e. The maximum Gasteiger partial charge on any atom is 0.349 e. The maximum atomic E-state index is 13.0. The standard InChI is InChI=1S/C19H17N3O4/c23-18(13-10-12-4-1-2-6-15(12)25-19(13)24)22-9-3-5-14(22)17-20-16(21-26-17)11-7-8-11/h1-2,4,6,10-11,14H,3,5,7-9H2. The molecule has 1 unspecified atom stereocenters. The topological polar surface area (TPSA) is 89.4 Å². The lowest BCUT2D eigenvalue weighted by atomic mass is 10.1. The Balaban J connectivity index is 1.48. The average molecular weight is 351 g/mol. The molecule has 0 spiro atoms. The van der Waals surface area contributed by atoms with E-state index in [-0.39, 0.29) is 17.5 Å². The predicted octanol–water partition coefficient (Wildman–Crippen LogP) is 3.03. The molecule has 1 aromatic carbocycles. The van der Waals surface area contributed by atoms with Gasteiger partial charge in [0.15, 0.2) is 5.82 Å². The minimum absolute atomic E-state index is 0.0394. The highest BCUT2D eigenvalue weighted by molar-refractivity contribution is 5.97. The summed E-state index contributed by atoms with van der Waals surface area (Å²) >= 11 is 0. The van der Waals surface area contributed by atoms with Gasteiger partial charge in [-0.1, -0.05) is 23.4 Å². The van der Waals surface area contributed by atoms with Gasteiger partial charge in [0.05, 0.1) is 0 Å². The number of aromatic nitrogens is 2. The highest BCUT2D eigenvalue weighted by Gasteiger charge is 2.37. The number of benzene rings is 1. The molecule has 2 fully saturated rings. The summed E-state index contributed by atoms with van der Waals surface area (Å²) in [5.74, 6) is 1.23. The lowest BCUT2D eigenvalue weighted by Gasteiger charge is -2.21. The van der Waals surface area contributed by atoms with Crippen LogP contribution in [0, 0.1) is 0 Å². The number of likely N-dealkylation sites (tertiary alicyclic amines) is 1. The van der Waals surface area contributed by atoms with Crippen LogP contribution in [0.15, 0.2) is 44.1 Å². The van der Waals surface area contributed by atoms with Crippen LogP contribution in [-0.2, 0) is 0 Å². The summed E-state index contributed by atoms with van der Waals surface area (Å²) in [4.78, 5) is 31.5. The van der Waals surface area contributed by atoms with Crippen LogP contribution in [0.2, 0.25) is 0 Å². The third-order valence-electron chi connectivity index (χ3n) is 5.07. The maximum absolute atomic E-state index is 13.0. The zero-order valence-corrected chi connectivity index (χ0v) is 14.1. The Morgan fingerprint density at radius 3 is 2.88 bits per heavy atom.